The highest BCUT2D eigenvalue weighted by Crippen LogP contribution is 2.35. The third-order valence-corrected chi connectivity index (χ3v) is 8.39. The number of aryl methyl sites for hydroxylation is 1. The van der Waals surface area contributed by atoms with Gasteiger partial charge in [-0.25, -0.2) is 0 Å². The zero-order valence-electron chi connectivity index (χ0n) is 21.9. The monoisotopic (exact) mass is 500 g/mol. The van der Waals surface area contributed by atoms with E-state index in [2.05, 4.69) is 47.6 Å². The number of benzene rings is 1. The van der Waals surface area contributed by atoms with Crippen LogP contribution in [0.5, 0.6) is 0 Å². The minimum absolute atomic E-state index is 0.0457. The number of pyridine rings is 1. The molecule has 0 spiro atoms. The first-order valence-corrected chi connectivity index (χ1v) is 13.5. The summed E-state index contributed by atoms with van der Waals surface area (Å²) in [6.07, 6.45) is 5.76. The lowest BCUT2D eigenvalue weighted by Gasteiger charge is -2.40. The van der Waals surface area contributed by atoms with Gasteiger partial charge in [0.05, 0.1) is 0 Å². The van der Waals surface area contributed by atoms with Crippen LogP contribution in [-0.2, 0) is 19.5 Å². The Bertz CT molecular complexity index is 1110. The zero-order valence-corrected chi connectivity index (χ0v) is 22.7. The molecule has 7 heteroatoms. The zero-order chi connectivity index (χ0) is 25.3. The predicted octanol–water partition coefficient (Wildman–Crippen LogP) is 4.54. The molecule has 0 saturated heterocycles. The smallest absolute Gasteiger partial charge is 0.186 e. The van der Waals surface area contributed by atoms with Crippen LogP contribution >= 0.6 is 11.6 Å². The molecule has 2 heterocycles. The summed E-state index contributed by atoms with van der Waals surface area (Å²) in [6.45, 7) is 8.44. The van der Waals surface area contributed by atoms with Gasteiger partial charge in [-0.3, -0.25) is 10.1 Å². The fraction of sp³-hybridized carbons (Fsp3) is 0.607. The molecule has 0 radical (unpaired) electrons. The van der Waals surface area contributed by atoms with Crippen molar-refractivity contribution in [3.05, 3.63) is 61.5 Å². The minimum Gasteiger partial charge on any atom is -0.374 e. The van der Waals surface area contributed by atoms with Crippen LogP contribution in [0.3, 0.4) is 0 Å². The quantitative estimate of drug-likeness (QED) is 0.521. The number of aromatic nitrogens is 1. The number of nitrogens with zero attached hydrogens (tertiary/aromatic N) is 3. The van der Waals surface area contributed by atoms with Crippen molar-refractivity contribution < 1.29 is 5.11 Å². The first kappa shape index (κ1) is 26.2. The summed E-state index contributed by atoms with van der Waals surface area (Å²) in [6, 6.07) is 6.72. The van der Waals surface area contributed by atoms with Crippen LogP contribution in [0.25, 0.3) is 0 Å². The van der Waals surface area contributed by atoms with E-state index in [1.165, 1.54) is 12.8 Å². The predicted molar refractivity (Wildman–Crippen MR) is 144 cm³/mol. The fourth-order valence-corrected chi connectivity index (χ4v) is 6.37. The van der Waals surface area contributed by atoms with Crippen molar-refractivity contribution in [3.63, 3.8) is 0 Å². The van der Waals surface area contributed by atoms with E-state index in [0.29, 0.717) is 23.7 Å². The molecule has 35 heavy (non-hydrogen) atoms. The highest BCUT2D eigenvalue weighted by molar-refractivity contribution is 6.31. The number of rotatable bonds is 8. The van der Waals surface area contributed by atoms with Crippen LogP contribution in [0, 0.1) is 13.8 Å². The van der Waals surface area contributed by atoms with Gasteiger partial charge in [-0.1, -0.05) is 11.6 Å². The number of hydrogen-bond donors (Lipinski definition) is 2. The van der Waals surface area contributed by atoms with Crippen molar-refractivity contribution in [2.45, 2.75) is 90.7 Å². The molecule has 1 aromatic carbocycles. The molecule has 2 aliphatic rings. The molecule has 6 nitrogen and oxygen atoms in total. The van der Waals surface area contributed by atoms with E-state index in [1.807, 2.05) is 19.1 Å². The summed E-state index contributed by atoms with van der Waals surface area (Å²) < 4.78 is 2.23. The molecule has 2 aromatic rings. The molecule has 4 rings (SSSR count). The molecule has 1 fully saturated rings. The lowest BCUT2D eigenvalue weighted by atomic mass is 9.88. The normalized spacial score (nSPS) is 20.8. The highest BCUT2D eigenvalue weighted by atomic mass is 35.5. The van der Waals surface area contributed by atoms with Crippen molar-refractivity contribution in [1.29, 1.82) is 0 Å². The van der Waals surface area contributed by atoms with Crippen molar-refractivity contribution >= 4 is 17.3 Å². The van der Waals surface area contributed by atoms with Crippen LogP contribution in [0.4, 0.5) is 5.69 Å². The van der Waals surface area contributed by atoms with Crippen molar-refractivity contribution in [3.8, 4) is 0 Å². The van der Waals surface area contributed by atoms with Gasteiger partial charge in [-0.2, -0.15) is 0 Å². The summed E-state index contributed by atoms with van der Waals surface area (Å²) in [5, 5.41) is 15.0. The Balaban J connectivity index is 1.54. The van der Waals surface area contributed by atoms with Gasteiger partial charge in [0.25, 0.3) is 0 Å². The fourth-order valence-electron chi connectivity index (χ4n) is 6.15. The van der Waals surface area contributed by atoms with Crippen molar-refractivity contribution in [2.75, 3.05) is 25.5 Å². The lowest BCUT2D eigenvalue weighted by Crippen LogP contribution is -2.42. The summed E-state index contributed by atoms with van der Waals surface area (Å²) in [7, 11) is 4.34. The topological polar surface area (TPSA) is 60.7 Å². The maximum absolute atomic E-state index is 12.7. The van der Waals surface area contributed by atoms with E-state index in [9.17, 15) is 9.90 Å². The van der Waals surface area contributed by atoms with E-state index in [0.717, 1.165) is 72.5 Å². The summed E-state index contributed by atoms with van der Waals surface area (Å²) in [5.74, 6) is 0. The lowest BCUT2D eigenvalue weighted by molar-refractivity contribution is 0.136. The second kappa shape index (κ2) is 11.0. The number of hydrogen-bond acceptors (Lipinski definition) is 5. The van der Waals surface area contributed by atoms with Crippen molar-refractivity contribution in [1.82, 2.24) is 14.8 Å². The average molecular weight is 501 g/mol. The van der Waals surface area contributed by atoms with Crippen LogP contribution in [0.2, 0.25) is 5.02 Å². The summed E-state index contributed by atoms with van der Waals surface area (Å²) in [4.78, 5) is 17.5. The largest absolute Gasteiger partial charge is 0.374 e. The van der Waals surface area contributed by atoms with Gasteiger partial charge in [0.15, 0.2) is 5.43 Å². The Labute approximate surface area is 214 Å². The summed E-state index contributed by atoms with van der Waals surface area (Å²) >= 11 is 6.58. The Morgan fingerprint density at radius 3 is 2.49 bits per heavy atom. The SMILES string of the molecule is CCN(c1cc(Cl)cc(C(O)NCc2c3n(c(C)cc2=O)CCC3)c1C)C1CCC(N(C)C)CC1. The molecule has 192 valence electrons. The third kappa shape index (κ3) is 5.46. The Hall–Kier alpha value is -1.86. The van der Waals surface area contributed by atoms with Crippen molar-refractivity contribution in [2.24, 2.45) is 0 Å². The molecule has 1 aromatic heterocycles. The number of anilines is 1. The molecule has 1 atom stereocenters. The number of aliphatic hydroxyl groups excluding tert-OH is 1. The van der Waals surface area contributed by atoms with Gasteiger partial charge in [-0.15, -0.1) is 0 Å². The van der Waals surface area contributed by atoms with E-state index in [-0.39, 0.29) is 5.43 Å². The van der Waals surface area contributed by atoms with Gasteiger partial charge >= 0.3 is 0 Å². The number of halogens is 1. The average Bonchev–Trinajstić information content (AvgIpc) is 3.32. The first-order chi connectivity index (χ1) is 16.7. The molecule has 1 aliphatic heterocycles. The maximum Gasteiger partial charge on any atom is 0.186 e. The summed E-state index contributed by atoms with van der Waals surface area (Å²) in [5.41, 5.74) is 5.84. The standard InChI is InChI=1S/C28H41ClN4O2/c1-6-32(22-11-9-21(10-12-22)31(4)5)26-16-20(29)15-23(19(26)3)28(35)30-17-24-25-8-7-13-33(25)18(2)14-27(24)34/h14-16,21-22,28,30,35H,6-13,17H2,1-5H3. The Kier molecular flexibility index (Phi) is 8.26. The Morgan fingerprint density at radius 2 is 1.83 bits per heavy atom. The molecule has 1 unspecified atom stereocenters. The molecule has 1 saturated carbocycles. The highest BCUT2D eigenvalue weighted by Gasteiger charge is 2.28. The van der Waals surface area contributed by atoms with Gasteiger partial charge in [-0.05, 0) is 91.1 Å². The number of fused-ring (bicyclic) bond motifs is 1. The van der Waals surface area contributed by atoms with Gasteiger partial charge < -0.3 is 19.5 Å². The third-order valence-electron chi connectivity index (χ3n) is 8.17. The minimum atomic E-state index is -0.904. The molecule has 0 bridgehead atoms. The second-order valence-electron chi connectivity index (χ2n) is 10.5. The van der Waals surface area contributed by atoms with E-state index in [4.69, 9.17) is 11.6 Å². The van der Waals surface area contributed by atoms with E-state index < -0.39 is 6.23 Å². The molecule has 2 N–H and O–H groups in total. The van der Waals surface area contributed by atoms with Gasteiger partial charge in [0.2, 0.25) is 0 Å². The molecule has 0 amide bonds. The molecular formula is C28H41ClN4O2. The first-order valence-electron chi connectivity index (χ1n) is 13.1. The maximum atomic E-state index is 12.7. The van der Waals surface area contributed by atoms with Gasteiger partial charge in [0, 0.05) is 71.0 Å². The number of nitrogens with one attached hydrogen (secondary N) is 1. The second-order valence-corrected chi connectivity index (χ2v) is 10.9. The van der Waals surface area contributed by atoms with E-state index >= 15 is 0 Å². The number of aliphatic hydroxyl groups is 1. The van der Waals surface area contributed by atoms with Crippen LogP contribution < -0.4 is 15.6 Å². The van der Waals surface area contributed by atoms with Crippen LogP contribution in [0.1, 0.15) is 73.3 Å². The van der Waals surface area contributed by atoms with Gasteiger partial charge in [0.1, 0.15) is 6.23 Å². The van der Waals surface area contributed by atoms with E-state index in [1.54, 1.807) is 6.07 Å². The van der Waals surface area contributed by atoms with Crippen LogP contribution in [0.15, 0.2) is 23.0 Å². The molecule has 1 aliphatic carbocycles. The molecular weight excluding hydrogens is 460 g/mol. The Morgan fingerprint density at radius 1 is 1.14 bits per heavy atom. The van der Waals surface area contributed by atoms with Crippen LogP contribution in [-0.4, -0.2) is 47.3 Å².